The Bertz CT molecular complexity index is 1400. The second-order valence-electron chi connectivity index (χ2n) is 6.12. The molecule has 0 amide bonds. The van der Waals surface area contributed by atoms with E-state index in [0.717, 1.165) is 20.3 Å². The molecule has 5 aromatic rings. The normalized spacial score (nSPS) is 11.8. The van der Waals surface area contributed by atoms with E-state index in [-0.39, 0.29) is 5.56 Å². The van der Waals surface area contributed by atoms with E-state index in [0.29, 0.717) is 22.5 Å². The van der Waals surface area contributed by atoms with Crippen LogP contribution in [0.3, 0.4) is 0 Å². The van der Waals surface area contributed by atoms with Gasteiger partial charge in [-0.3, -0.25) is 4.79 Å². The van der Waals surface area contributed by atoms with Crippen molar-refractivity contribution >= 4 is 55.4 Å². The molecule has 0 aliphatic rings. The third kappa shape index (κ3) is 2.98. The summed E-state index contributed by atoms with van der Waals surface area (Å²) in [6, 6.07) is 18.7. The summed E-state index contributed by atoms with van der Waals surface area (Å²) in [5.41, 5.74) is 1.08. The Hall–Kier alpha value is -3.03. The van der Waals surface area contributed by atoms with Crippen molar-refractivity contribution in [1.82, 2.24) is 9.66 Å². The van der Waals surface area contributed by atoms with Crippen LogP contribution in [0.2, 0.25) is 0 Å². The average Bonchev–Trinajstić information content (AvgIpc) is 3.36. The Morgan fingerprint density at radius 2 is 2.00 bits per heavy atom. The fourth-order valence-electron chi connectivity index (χ4n) is 2.99. The largest absolute Gasteiger partial charge is 0.453 e. The van der Waals surface area contributed by atoms with E-state index in [2.05, 4.69) is 26.0 Å². The van der Waals surface area contributed by atoms with Gasteiger partial charge in [-0.15, -0.1) is 11.3 Å². The van der Waals surface area contributed by atoms with Crippen LogP contribution in [0.25, 0.3) is 33.5 Å². The van der Waals surface area contributed by atoms with Crippen LogP contribution >= 0.6 is 27.3 Å². The minimum Gasteiger partial charge on any atom is -0.453 e. The average molecular weight is 450 g/mol. The van der Waals surface area contributed by atoms with Crippen LogP contribution < -0.4 is 5.56 Å². The molecular formula is C21H12BrN3O2S. The molecular weight excluding hydrogens is 438 g/mol. The zero-order valence-corrected chi connectivity index (χ0v) is 16.8. The van der Waals surface area contributed by atoms with Gasteiger partial charge < -0.3 is 4.42 Å². The Labute approximate surface area is 171 Å². The smallest absolute Gasteiger partial charge is 0.282 e. The molecule has 3 heterocycles. The first-order valence-electron chi connectivity index (χ1n) is 8.48. The molecule has 136 valence electrons. The number of furan rings is 1. The summed E-state index contributed by atoms with van der Waals surface area (Å²) >= 11 is 5.01. The van der Waals surface area contributed by atoms with E-state index in [1.807, 2.05) is 60.0 Å². The lowest BCUT2D eigenvalue weighted by molar-refractivity contribution is 0.616. The van der Waals surface area contributed by atoms with E-state index in [1.165, 1.54) is 4.68 Å². The number of para-hydroxylation sites is 1. The first kappa shape index (κ1) is 17.1. The van der Waals surface area contributed by atoms with Gasteiger partial charge >= 0.3 is 0 Å². The summed E-state index contributed by atoms with van der Waals surface area (Å²) in [6.45, 7) is 0. The first-order valence-corrected chi connectivity index (χ1v) is 10.2. The number of rotatable bonds is 3. The fourth-order valence-corrected chi connectivity index (χ4v) is 3.95. The molecule has 0 spiro atoms. The summed E-state index contributed by atoms with van der Waals surface area (Å²) in [5, 5.41) is 7.80. The number of aromatic nitrogens is 2. The van der Waals surface area contributed by atoms with Crippen molar-refractivity contribution in [2.45, 2.75) is 0 Å². The molecule has 0 fully saturated rings. The molecule has 28 heavy (non-hydrogen) atoms. The Morgan fingerprint density at radius 1 is 1.11 bits per heavy atom. The van der Waals surface area contributed by atoms with Crippen LogP contribution in [0, 0.1) is 0 Å². The van der Waals surface area contributed by atoms with Gasteiger partial charge in [0.2, 0.25) is 5.82 Å². The maximum Gasteiger partial charge on any atom is 0.282 e. The Balaban J connectivity index is 1.77. The summed E-state index contributed by atoms with van der Waals surface area (Å²) in [4.78, 5) is 18.7. The van der Waals surface area contributed by atoms with Crippen molar-refractivity contribution in [1.29, 1.82) is 0 Å². The lowest BCUT2D eigenvalue weighted by Gasteiger charge is -2.06. The molecule has 0 saturated carbocycles. The van der Waals surface area contributed by atoms with Gasteiger partial charge in [0.05, 0.1) is 17.1 Å². The van der Waals surface area contributed by atoms with Crippen molar-refractivity contribution < 1.29 is 4.42 Å². The van der Waals surface area contributed by atoms with E-state index >= 15 is 0 Å². The number of hydrogen-bond acceptors (Lipinski definition) is 5. The maximum absolute atomic E-state index is 13.1. The fraction of sp³-hybridized carbons (Fsp3) is 0. The topological polar surface area (TPSA) is 60.4 Å². The van der Waals surface area contributed by atoms with E-state index < -0.39 is 0 Å². The predicted molar refractivity (Wildman–Crippen MR) is 116 cm³/mol. The SMILES string of the molecule is O=c1c2ccccc2nc(-c2cc3cc(Br)ccc3o2)n1N=Cc1cccs1. The molecule has 7 heteroatoms. The number of halogens is 1. The van der Waals surface area contributed by atoms with Crippen molar-refractivity contribution in [3.8, 4) is 11.6 Å². The van der Waals surface area contributed by atoms with Crippen molar-refractivity contribution in [3.05, 3.63) is 85.7 Å². The van der Waals surface area contributed by atoms with Crippen molar-refractivity contribution in [3.63, 3.8) is 0 Å². The number of benzene rings is 2. The lowest BCUT2D eigenvalue weighted by atomic mass is 10.2. The first-order chi connectivity index (χ1) is 13.7. The highest BCUT2D eigenvalue weighted by atomic mass is 79.9. The van der Waals surface area contributed by atoms with Gasteiger partial charge in [-0.1, -0.05) is 34.1 Å². The monoisotopic (exact) mass is 449 g/mol. The molecule has 0 bridgehead atoms. The zero-order valence-electron chi connectivity index (χ0n) is 14.4. The molecule has 0 atom stereocenters. The van der Waals surface area contributed by atoms with Gasteiger partial charge in [-0.25, -0.2) is 4.98 Å². The molecule has 0 N–H and O–H groups in total. The minimum atomic E-state index is -0.241. The third-order valence-electron chi connectivity index (χ3n) is 4.30. The molecule has 2 aromatic carbocycles. The molecule has 0 aliphatic carbocycles. The summed E-state index contributed by atoms with van der Waals surface area (Å²) in [6.07, 6.45) is 1.66. The van der Waals surface area contributed by atoms with E-state index in [4.69, 9.17) is 4.42 Å². The second-order valence-corrected chi connectivity index (χ2v) is 8.02. The maximum atomic E-state index is 13.1. The van der Waals surface area contributed by atoms with Gasteiger partial charge in [0.15, 0.2) is 5.76 Å². The zero-order chi connectivity index (χ0) is 19.1. The van der Waals surface area contributed by atoms with E-state index in [9.17, 15) is 4.79 Å². The highest BCUT2D eigenvalue weighted by molar-refractivity contribution is 9.10. The standard InChI is InChI=1S/C21H12BrN3O2S/c22-14-7-8-18-13(10-14)11-19(27-18)20-24-17-6-2-1-5-16(17)21(26)25(20)23-12-15-4-3-9-28-15/h1-12H. The van der Waals surface area contributed by atoms with Crippen LogP contribution in [-0.2, 0) is 0 Å². The number of fused-ring (bicyclic) bond motifs is 2. The molecule has 5 rings (SSSR count). The van der Waals surface area contributed by atoms with Gasteiger partial charge in [-0.2, -0.15) is 9.78 Å². The summed E-state index contributed by atoms with van der Waals surface area (Å²) in [7, 11) is 0. The van der Waals surface area contributed by atoms with Crippen LogP contribution in [0.1, 0.15) is 4.88 Å². The molecule has 0 saturated heterocycles. The minimum absolute atomic E-state index is 0.241. The third-order valence-corrected chi connectivity index (χ3v) is 5.60. The molecule has 0 unspecified atom stereocenters. The van der Waals surface area contributed by atoms with Crippen molar-refractivity contribution in [2.24, 2.45) is 5.10 Å². The van der Waals surface area contributed by atoms with Gasteiger partial charge in [0, 0.05) is 14.7 Å². The van der Waals surface area contributed by atoms with Crippen LogP contribution in [0.15, 0.2) is 84.8 Å². The van der Waals surface area contributed by atoms with Gasteiger partial charge in [0.25, 0.3) is 5.56 Å². The van der Waals surface area contributed by atoms with Gasteiger partial charge in [0.1, 0.15) is 5.58 Å². The molecule has 5 nitrogen and oxygen atoms in total. The highest BCUT2D eigenvalue weighted by Gasteiger charge is 2.16. The van der Waals surface area contributed by atoms with Gasteiger partial charge in [-0.05, 0) is 47.8 Å². The van der Waals surface area contributed by atoms with E-state index in [1.54, 1.807) is 23.6 Å². The Kier molecular flexibility index (Phi) is 4.18. The molecule has 3 aromatic heterocycles. The quantitative estimate of drug-likeness (QED) is 0.341. The summed E-state index contributed by atoms with van der Waals surface area (Å²) in [5.74, 6) is 0.850. The molecule has 0 aliphatic heterocycles. The van der Waals surface area contributed by atoms with Crippen LogP contribution in [0.4, 0.5) is 0 Å². The number of hydrogen-bond donors (Lipinski definition) is 0. The number of nitrogens with zero attached hydrogens (tertiary/aromatic N) is 3. The number of thiophene rings is 1. The van der Waals surface area contributed by atoms with Crippen molar-refractivity contribution in [2.75, 3.05) is 0 Å². The van der Waals surface area contributed by atoms with Crippen LogP contribution in [0.5, 0.6) is 0 Å². The molecule has 0 radical (unpaired) electrons. The summed E-state index contributed by atoms with van der Waals surface area (Å²) < 4.78 is 8.23. The predicted octanol–water partition coefficient (Wildman–Crippen LogP) is 5.52. The second kappa shape index (κ2) is 6.85. The highest BCUT2D eigenvalue weighted by Crippen LogP contribution is 2.29. The lowest BCUT2D eigenvalue weighted by Crippen LogP contribution is -2.20. The van der Waals surface area contributed by atoms with Crippen LogP contribution in [-0.4, -0.2) is 15.9 Å². The Morgan fingerprint density at radius 3 is 2.86 bits per heavy atom.